The minimum Gasteiger partial charge on any atom is -0.349 e. The van der Waals surface area contributed by atoms with Crippen LogP contribution in [0.5, 0.6) is 0 Å². The van der Waals surface area contributed by atoms with Crippen LogP contribution in [-0.2, 0) is 0 Å². The van der Waals surface area contributed by atoms with Crippen molar-refractivity contribution in [3.05, 3.63) is 39.4 Å². The van der Waals surface area contributed by atoms with Gasteiger partial charge >= 0.3 is 0 Å². The third kappa shape index (κ3) is 6.48. The van der Waals surface area contributed by atoms with Gasteiger partial charge in [-0.2, -0.15) is 0 Å². The Morgan fingerprint density at radius 2 is 1.52 bits per heavy atom. The highest BCUT2D eigenvalue weighted by Crippen LogP contribution is 2.20. The summed E-state index contributed by atoms with van der Waals surface area (Å²) in [4.78, 5) is 23.2. The van der Waals surface area contributed by atoms with Crippen molar-refractivity contribution in [1.29, 1.82) is 0 Å². The Labute approximate surface area is 150 Å². The summed E-state index contributed by atoms with van der Waals surface area (Å²) in [7, 11) is 0. The first-order chi connectivity index (χ1) is 12.1. The number of amides is 1. The van der Waals surface area contributed by atoms with E-state index in [-0.39, 0.29) is 17.6 Å². The van der Waals surface area contributed by atoms with Crippen LogP contribution in [0.15, 0.2) is 18.2 Å². The lowest BCUT2D eigenvalue weighted by Crippen LogP contribution is -2.35. The van der Waals surface area contributed by atoms with E-state index in [2.05, 4.69) is 5.32 Å². The van der Waals surface area contributed by atoms with Crippen LogP contribution < -0.4 is 5.32 Å². The number of rotatable bonds is 3. The molecule has 0 saturated heterocycles. The number of hydrogen-bond donors (Lipinski definition) is 1. The Balaban J connectivity index is 1.98. The Kier molecular flexibility index (Phi) is 7.89. The highest BCUT2D eigenvalue weighted by atomic mass is 16.6. The average molecular weight is 346 g/mol. The summed E-state index contributed by atoms with van der Waals surface area (Å²) in [5, 5.41) is 14.2. The fourth-order valence-electron chi connectivity index (χ4n) is 3.52. The van der Waals surface area contributed by atoms with Gasteiger partial charge in [0, 0.05) is 23.2 Å². The Bertz CT molecular complexity index is 574. The molecule has 0 radical (unpaired) electrons. The molecule has 2 rings (SSSR count). The second kappa shape index (κ2) is 10.2. The van der Waals surface area contributed by atoms with Gasteiger partial charge in [-0.25, -0.2) is 0 Å². The molecular formula is C20H30N2O3. The average Bonchev–Trinajstić information content (AvgIpc) is 2.57. The number of nitrogens with one attached hydrogen (secondary N) is 1. The van der Waals surface area contributed by atoms with Crippen LogP contribution in [0.4, 0.5) is 5.69 Å². The Morgan fingerprint density at radius 1 is 1.00 bits per heavy atom. The van der Waals surface area contributed by atoms with Gasteiger partial charge in [-0.3, -0.25) is 14.9 Å². The van der Waals surface area contributed by atoms with Crippen molar-refractivity contribution in [1.82, 2.24) is 5.32 Å². The van der Waals surface area contributed by atoms with Gasteiger partial charge < -0.3 is 5.32 Å². The predicted molar refractivity (Wildman–Crippen MR) is 99.9 cm³/mol. The molecule has 0 aromatic heterocycles. The molecule has 0 bridgehead atoms. The van der Waals surface area contributed by atoms with Crippen molar-refractivity contribution in [2.24, 2.45) is 0 Å². The van der Waals surface area contributed by atoms with Gasteiger partial charge in [0.15, 0.2) is 0 Å². The number of hydrogen-bond acceptors (Lipinski definition) is 3. The first-order valence-electron chi connectivity index (χ1n) is 9.64. The topological polar surface area (TPSA) is 72.2 Å². The van der Waals surface area contributed by atoms with E-state index in [0.29, 0.717) is 11.1 Å². The van der Waals surface area contributed by atoms with Crippen LogP contribution in [0.25, 0.3) is 0 Å². The van der Waals surface area contributed by atoms with Crippen LogP contribution in [0, 0.1) is 17.0 Å². The Hall–Kier alpha value is -1.91. The van der Waals surface area contributed by atoms with Crippen LogP contribution in [0.3, 0.4) is 0 Å². The van der Waals surface area contributed by atoms with Gasteiger partial charge in [0.2, 0.25) is 0 Å². The van der Waals surface area contributed by atoms with Crippen molar-refractivity contribution in [2.45, 2.75) is 83.6 Å². The summed E-state index contributed by atoms with van der Waals surface area (Å²) < 4.78 is 0. The normalized spacial score (nSPS) is 18.0. The molecule has 0 spiro atoms. The van der Waals surface area contributed by atoms with E-state index in [1.807, 2.05) is 0 Å². The number of nitro groups is 1. The van der Waals surface area contributed by atoms with E-state index >= 15 is 0 Å². The van der Waals surface area contributed by atoms with E-state index in [1.165, 1.54) is 51.0 Å². The van der Waals surface area contributed by atoms with E-state index in [0.717, 1.165) is 25.7 Å². The molecule has 1 saturated carbocycles. The summed E-state index contributed by atoms with van der Waals surface area (Å²) in [5.74, 6) is -0.194. The molecule has 1 aliphatic rings. The smallest absolute Gasteiger partial charge is 0.273 e. The van der Waals surface area contributed by atoms with Crippen molar-refractivity contribution < 1.29 is 9.72 Å². The van der Waals surface area contributed by atoms with E-state index in [1.54, 1.807) is 19.1 Å². The van der Waals surface area contributed by atoms with E-state index in [9.17, 15) is 14.9 Å². The molecular weight excluding hydrogens is 316 g/mol. The van der Waals surface area contributed by atoms with Crippen molar-refractivity contribution >= 4 is 11.6 Å². The first-order valence-corrected chi connectivity index (χ1v) is 9.64. The molecule has 1 aromatic carbocycles. The molecule has 0 aliphatic heterocycles. The molecule has 5 heteroatoms. The molecule has 1 N–H and O–H groups in total. The molecule has 0 atom stereocenters. The first kappa shape index (κ1) is 19.4. The summed E-state index contributed by atoms with van der Waals surface area (Å²) >= 11 is 0. The highest BCUT2D eigenvalue weighted by Gasteiger charge is 2.18. The highest BCUT2D eigenvalue weighted by molar-refractivity contribution is 5.95. The zero-order chi connectivity index (χ0) is 18.1. The molecule has 1 fully saturated rings. The van der Waals surface area contributed by atoms with Crippen molar-refractivity contribution in [3.63, 3.8) is 0 Å². The third-order valence-electron chi connectivity index (χ3n) is 5.11. The van der Waals surface area contributed by atoms with Gasteiger partial charge in [0.1, 0.15) is 0 Å². The van der Waals surface area contributed by atoms with Crippen LogP contribution >= 0.6 is 0 Å². The minimum absolute atomic E-state index is 0.00587. The van der Waals surface area contributed by atoms with Gasteiger partial charge in [-0.15, -0.1) is 0 Å². The number of aryl methyl sites for hydroxylation is 1. The molecule has 0 heterocycles. The van der Waals surface area contributed by atoms with Crippen molar-refractivity contribution in [2.75, 3.05) is 0 Å². The second-order valence-electron chi connectivity index (χ2n) is 7.19. The number of nitrogens with zero attached hydrogens (tertiary/aromatic N) is 1. The van der Waals surface area contributed by atoms with Gasteiger partial charge in [-0.05, 0) is 25.8 Å². The summed E-state index contributed by atoms with van der Waals surface area (Å²) in [5.41, 5.74) is 0.960. The molecule has 5 nitrogen and oxygen atoms in total. The predicted octanol–water partition coefficient (Wildman–Crippen LogP) is 5.31. The van der Waals surface area contributed by atoms with E-state index in [4.69, 9.17) is 0 Å². The summed E-state index contributed by atoms with van der Waals surface area (Å²) in [6.07, 6.45) is 13.3. The SMILES string of the molecule is Cc1ccc(C(=O)NC2CCCCCCCCCCC2)cc1[N+](=O)[O-]. The number of carbonyl (C=O) groups is 1. The quantitative estimate of drug-likeness (QED) is 0.596. The van der Waals surface area contributed by atoms with Crippen LogP contribution in [0.1, 0.15) is 86.6 Å². The standard InChI is InChI=1S/C20H30N2O3/c1-16-13-14-17(15-19(16)22(24)25)20(23)21-18-11-9-7-5-3-2-4-6-8-10-12-18/h13-15,18H,2-12H2,1H3,(H,21,23). The molecule has 1 aromatic rings. The van der Waals surface area contributed by atoms with Crippen LogP contribution in [-0.4, -0.2) is 16.9 Å². The minimum atomic E-state index is -0.428. The molecule has 1 amide bonds. The Morgan fingerprint density at radius 3 is 2.04 bits per heavy atom. The van der Waals surface area contributed by atoms with Crippen molar-refractivity contribution in [3.8, 4) is 0 Å². The third-order valence-corrected chi connectivity index (χ3v) is 5.11. The maximum absolute atomic E-state index is 12.5. The lowest BCUT2D eigenvalue weighted by Gasteiger charge is -2.19. The number of benzene rings is 1. The largest absolute Gasteiger partial charge is 0.349 e. The second-order valence-corrected chi connectivity index (χ2v) is 7.19. The number of nitro benzene ring substituents is 1. The van der Waals surface area contributed by atoms with Gasteiger partial charge in [0.25, 0.3) is 11.6 Å². The maximum Gasteiger partial charge on any atom is 0.273 e. The zero-order valence-electron chi connectivity index (χ0n) is 15.3. The zero-order valence-corrected chi connectivity index (χ0v) is 15.3. The number of carbonyl (C=O) groups excluding carboxylic acids is 1. The van der Waals surface area contributed by atoms with Gasteiger partial charge in [0.05, 0.1) is 4.92 Å². The molecule has 1 aliphatic carbocycles. The molecule has 0 unspecified atom stereocenters. The summed E-state index contributed by atoms with van der Waals surface area (Å²) in [6.45, 7) is 1.69. The van der Waals surface area contributed by atoms with E-state index < -0.39 is 4.92 Å². The summed E-state index contributed by atoms with van der Waals surface area (Å²) in [6, 6.07) is 4.88. The van der Waals surface area contributed by atoms with Gasteiger partial charge in [-0.1, -0.05) is 63.9 Å². The monoisotopic (exact) mass is 346 g/mol. The lowest BCUT2D eigenvalue weighted by atomic mass is 9.97. The molecule has 25 heavy (non-hydrogen) atoms. The van der Waals surface area contributed by atoms with Crippen LogP contribution in [0.2, 0.25) is 0 Å². The molecule has 138 valence electrons. The fourth-order valence-corrected chi connectivity index (χ4v) is 3.52. The fraction of sp³-hybridized carbons (Fsp3) is 0.650. The lowest BCUT2D eigenvalue weighted by molar-refractivity contribution is -0.385. The maximum atomic E-state index is 12.5.